The summed E-state index contributed by atoms with van der Waals surface area (Å²) in [5.74, 6) is -4.22. The fraction of sp³-hybridized carbons (Fsp3) is 0.158. The van der Waals surface area contributed by atoms with Gasteiger partial charge in [0.05, 0.1) is 7.11 Å². The zero-order chi connectivity index (χ0) is 20.6. The Labute approximate surface area is 168 Å². The highest BCUT2D eigenvalue weighted by molar-refractivity contribution is 6.31. The third-order valence-electron chi connectivity index (χ3n) is 4.12. The van der Waals surface area contributed by atoms with Crippen molar-refractivity contribution in [2.45, 2.75) is 13.0 Å². The van der Waals surface area contributed by atoms with Gasteiger partial charge in [0.25, 0.3) is 0 Å². The van der Waals surface area contributed by atoms with Crippen LogP contribution in [-0.4, -0.2) is 24.0 Å². The number of rotatable bonds is 4. The van der Waals surface area contributed by atoms with Gasteiger partial charge in [-0.15, -0.1) is 0 Å². The van der Waals surface area contributed by atoms with E-state index in [4.69, 9.17) is 27.9 Å². The number of H-pyrrole nitrogens is 1. The molecule has 0 saturated heterocycles. The number of carbonyl (C=O) groups is 2. The fourth-order valence-electron chi connectivity index (χ4n) is 2.74. The normalized spacial score (nSPS) is 12.1. The Morgan fingerprint density at radius 1 is 1.14 bits per heavy atom. The Morgan fingerprint density at radius 2 is 1.86 bits per heavy atom. The number of esters is 2. The summed E-state index contributed by atoms with van der Waals surface area (Å²) in [5, 5.41) is 0.377. The number of aromatic nitrogens is 1. The Kier molecular flexibility index (Phi) is 5.58. The van der Waals surface area contributed by atoms with Crippen LogP contribution in [0, 0.1) is 18.6 Å². The number of nitrogens with one attached hydrogen (secondary N) is 1. The van der Waals surface area contributed by atoms with Crippen LogP contribution < -0.4 is 0 Å². The van der Waals surface area contributed by atoms with E-state index in [1.807, 2.05) is 6.92 Å². The molecular weight excluding hydrogens is 415 g/mol. The summed E-state index contributed by atoms with van der Waals surface area (Å²) < 4.78 is 37.5. The van der Waals surface area contributed by atoms with E-state index in [2.05, 4.69) is 9.72 Å². The van der Waals surface area contributed by atoms with Gasteiger partial charge < -0.3 is 14.5 Å². The lowest BCUT2D eigenvalue weighted by Gasteiger charge is -2.17. The van der Waals surface area contributed by atoms with Crippen molar-refractivity contribution in [3.8, 4) is 0 Å². The van der Waals surface area contributed by atoms with E-state index in [1.165, 1.54) is 6.07 Å². The summed E-state index contributed by atoms with van der Waals surface area (Å²) in [4.78, 5) is 27.5. The topological polar surface area (TPSA) is 68.4 Å². The van der Waals surface area contributed by atoms with Crippen LogP contribution >= 0.6 is 23.2 Å². The highest BCUT2D eigenvalue weighted by Crippen LogP contribution is 2.30. The van der Waals surface area contributed by atoms with Crippen LogP contribution in [0.3, 0.4) is 0 Å². The lowest BCUT2D eigenvalue weighted by molar-refractivity contribution is -0.151. The first-order chi connectivity index (χ1) is 13.2. The van der Waals surface area contributed by atoms with Gasteiger partial charge in [-0.05, 0) is 42.8 Å². The maximum absolute atomic E-state index is 14.3. The van der Waals surface area contributed by atoms with Crippen molar-refractivity contribution < 1.29 is 27.8 Å². The third-order valence-corrected chi connectivity index (χ3v) is 4.68. The van der Waals surface area contributed by atoms with Gasteiger partial charge in [-0.2, -0.15) is 0 Å². The van der Waals surface area contributed by atoms with Crippen molar-refractivity contribution in [3.63, 3.8) is 0 Å². The quantitative estimate of drug-likeness (QED) is 0.462. The van der Waals surface area contributed by atoms with Crippen molar-refractivity contribution >= 4 is 46.0 Å². The van der Waals surface area contributed by atoms with Crippen LogP contribution in [0.1, 0.15) is 27.7 Å². The minimum Gasteiger partial charge on any atom is -0.466 e. The van der Waals surface area contributed by atoms with Crippen molar-refractivity contribution in [3.05, 3.63) is 68.8 Å². The number of fused-ring (bicyclic) bond motifs is 1. The number of carbonyl (C=O) groups excluding carboxylic acids is 2. The van der Waals surface area contributed by atoms with E-state index >= 15 is 0 Å². The summed E-state index contributed by atoms with van der Waals surface area (Å²) in [6.07, 6.45) is -1.77. The molecule has 3 aromatic rings. The number of aromatic amines is 1. The molecule has 28 heavy (non-hydrogen) atoms. The number of benzene rings is 2. The summed E-state index contributed by atoms with van der Waals surface area (Å²) in [5.41, 5.74) is 0.992. The number of ether oxygens (including phenoxy) is 2. The first-order valence-corrected chi connectivity index (χ1v) is 8.69. The molecule has 0 aliphatic rings. The minimum atomic E-state index is -1.77. The zero-order valence-electron chi connectivity index (χ0n) is 14.6. The highest BCUT2D eigenvalue weighted by Gasteiger charge is 2.31. The van der Waals surface area contributed by atoms with Crippen molar-refractivity contribution in [2.75, 3.05) is 7.11 Å². The summed E-state index contributed by atoms with van der Waals surface area (Å²) >= 11 is 11.6. The average molecular weight is 428 g/mol. The molecule has 9 heteroatoms. The lowest BCUT2D eigenvalue weighted by atomic mass is 10.1. The Morgan fingerprint density at radius 3 is 2.54 bits per heavy atom. The van der Waals surface area contributed by atoms with E-state index in [1.54, 1.807) is 12.1 Å². The Balaban J connectivity index is 1.98. The van der Waals surface area contributed by atoms with Gasteiger partial charge in [0, 0.05) is 21.5 Å². The lowest BCUT2D eigenvalue weighted by Crippen LogP contribution is -2.22. The van der Waals surface area contributed by atoms with Crippen LogP contribution in [0.5, 0.6) is 0 Å². The molecule has 1 N–H and O–H groups in total. The molecule has 0 radical (unpaired) electrons. The fourth-order valence-corrected chi connectivity index (χ4v) is 3.19. The second-order valence-electron chi connectivity index (χ2n) is 5.94. The van der Waals surface area contributed by atoms with Crippen molar-refractivity contribution in [1.29, 1.82) is 0 Å². The van der Waals surface area contributed by atoms with Crippen LogP contribution in [-0.2, 0) is 14.3 Å². The monoisotopic (exact) mass is 427 g/mol. The first kappa shape index (κ1) is 20.1. The van der Waals surface area contributed by atoms with E-state index in [-0.39, 0.29) is 5.69 Å². The molecule has 1 heterocycles. The number of halogens is 4. The molecule has 2 aromatic carbocycles. The van der Waals surface area contributed by atoms with Crippen molar-refractivity contribution in [2.24, 2.45) is 0 Å². The molecule has 0 spiro atoms. The van der Waals surface area contributed by atoms with Crippen molar-refractivity contribution in [1.82, 2.24) is 4.98 Å². The van der Waals surface area contributed by atoms with Gasteiger partial charge in [-0.3, -0.25) is 0 Å². The molecule has 3 rings (SSSR count). The van der Waals surface area contributed by atoms with Gasteiger partial charge in [-0.25, -0.2) is 18.4 Å². The predicted octanol–water partition coefficient (Wildman–Crippen LogP) is 5.13. The zero-order valence-corrected chi connectivity index (χ0v) is 16.1. The second kappa shape index (κ2) is 7.77. The molecule has 0 saturated carbocycles. The van der Waals surface area contributed by atoms with Gasteiger partial charge in [0.1, 0.15) is 16.5 Å². The van der Waals surface area contributed by atoms with Crippen LogP contribution in [0.2, 0.25) is 10.0 Å². The molecule has 0 amide bonds. The predicted molar refractivity (Wildman–Crippen MR) is 99.6 cm³/mol. The number of aryl methyl sites for hydroxylation is 1. The highest BCUT2D eigenvalue weighted by atomic mass is 35.5. The van der Waals surface area contributed by atoms with Gasteiger partial charge in [0.2, 0.25) is 6.10 Å². The van der Waals surface area contributed by atoms with E-state index in [9.17, 15) is 18.4 Å². The third kappa shape index (κ3) is 3.68. The summed E-state index contributed by atoms with van der Waals surface area (Å²) in [6, 6.07) is 6.68. The van der Waals surface area contributed by atoms with Gasteiger partial charge in [0.15, 0.2) is 5.82 Å². The summed E-state index contributed by atoms with van der Waals surface area (Å²) in [6.45, 7) is 1.81. The molecule has 0 aliphatic carbocycles. The minimum absolute atomic E-state index is 0.0166. The van der Waals surface area contributed by atoms with Crippen LogP contribution in [0.15, 0.2) is 30.3 Å². The van der Waals surface area contributed by atoms with E-state index < -0.39 is 40.3 Å². The number of methoxy groups -OCH3 is 1. The maximum atomic E-state index is 14.3. The van der Waals surface area contributed by atoms with Gasteiger partial charge >= 0.3 is 11.9 Å². The molecule has 0 aliphatic heterocycles. The SMILES string of the molecule is COC(=O)C(OC(=O)c1cc2c(C)cc(Cl)cc2[nH]1)c1ccc(F)c(Cl)c1F. The molecule has 0 bridgehead atoms. The first-order valence-electron chi connectivity index (χ1n) is 7.94. The molecule has 1 atom stereocenters. The number of hydrogen-bond donors (Lipinski definition) is 1. The number of hydrogen-bond acceptors (Lipinski definition) is 4. The molecule has 1 unspecified atom stereocenters. The molecule has 0 fully saturated rings. The van der Waals surface area contributed by atoms with E-state index in [0.717, 1.165) is 30.2 Å². The second-order valence-corrected chi connectivity index (χ2v) is 6.75. The summed E-state index contributed by atoms with van der Waals surface area (Å²) in [7, 11) is 1.04. The smallest absolute Gasteiger partial charge is 0.355 e. The Hall–Kier alpha value is -2.64. The van der Waals surface area contributed by atoms with E-state index in [0.29, 0.717) is 10.5 Å². The van der Waals surface area contributed by atoms with Crippen LogP contribution in [0.25, 0.3) is 10.9 Å². The molecule has 5 nitrogen and oxygen atoms in total. The largest absolute Gasteiger partial charge is 0.466 e. The molecular formula is C19H13Cl2F2NO4. The maximum Gasteiger partial charge on any atom is 0.355 e. The van der Waals surface area contributed by atoms with Gasteiger partial charge in [-0.1, -0.05) is 23.2 Å². The standard InChI is InChI=1S/C19H13Cl2F2NO4/c1-8-5-9(20)6-13-11(8)7-14(24-13)18(25)28-17(19(26)27-2)10-3-4-12(22)15(21)16(10)23/h3-7,17,24H,1-2H3. The average Bonchev–Trinajstić information content (AvgIpc) is 3.08. The Bertz CT molecular complexity index is 1100. The van der Waals surface area contributed by atoms with Crippen LogP contribution in [0.4, 0.5) is 8.78 Å². The molecule has 1 aromatic heterocycles. The molecule has 146 valence electrons.